The lowest BCUT2D eigenvalue weighted by molar-refractivity contribution is 0.0947. The number of benzene rings is 1. The molecule has 1 aliphatic heterocycles. The number of hydrogen-bond donors (Lipinski definition) is 1. The Morgan fingerprint density at radius 2 is 1.88 bits per heavy atom. The number of likely N-dealkylation sites (N-methyl/N-ethyl adjacent to an activating group) is 1. The highest BCUT2D eigenvalue weighted by Crippen LogP contribution is 2.17. The molecule has 0 bridgehead atoms. The molecule has 1 N–H and O–H groups in total. The average Bonchev–Trinajstić information content (AvgIpc) is 3.07. The minimum absolute atomic E-state index is 0.100. The zero-order chi connectivity index (χ0) is 18.5. The van der Waals surface area contributed by atoms with Crippen molar-refractivity contribution in [1.29, 1.82) is 0 Å². The lowest BCUT2D eigenvalue weighted by Gasteiger charge is -2.34. The Kier molecular flexibility index (Phi) is 5.93. The molecule has 0 aliphatic carbocycles. The van der Waals surface area contributed by atoms with Crippen LogP contribution in [0.3, 0.4) is 0 Å². The van der Waals surface area contributed by atoms with Crippen LogP contribution in [-0.2, 0) is 13.0 Å². The number of nitrogens with one attached hydrogen (secondary N) is 1. The van der Waals surface area contributed by atoms with Crippen molar-refractivity contribution in [3.05, 3.63) is 47.3 Å². The third-order valence-electron chi connectivity index (χ3n) is 4.65. The van der Waals surface area contributed by atoms with Crippen LogP contribution < -0.4 is 10.2 Å². The van der Waals surface area contributed by atoms with Gasteiger partial charge < -0.3 is 19.6 Å². The first-order valence-electron chi connectivity index (χ1n) is 9.27. The standard InChI is InChI=1S/C20H28N4O2/c1-15(2)12-17-13-19(26-22-17)14-21-20(25)16-4-6-18(7-5-16)24-10-8-23(3)9-11-24/h4-7,13,15H,8-12,14H2,1-3H3,(H,21,25). The molecule has 1 aromatic heterocycles. The van der Waals surface area contributed by atoms with Gasteiger partial charge in [-0.3, -0.25) is 4.79 Å². The zero-order valence-corrected chi connectivity index (χ0v) is 15.9. The molecule has 0 spiro atoms. The summed E-state index contributed by atoms with van der Waals surface area (Å²) in [6.45, 7) is 8.81. The number of carbonyl (C=O) groups is 1. The second-order valence-corrected chi connectivity index (χ2v) is 7.40. The Hall–Kier alpha value is -2.34. The third-order valence-corrected chi connectivity index (χ3v) is 4.65. The molecule has 6 nitrogen and oxygen atoms in total. The Bertz CT molecular complexity index is 716. The molecule has 0 unspecified atom stereocenters. The first-order chi connectivity index (χ1) is 12.5. The van der Waals surface area contributed by atoms with E-state index < -0.39 is 0 Å². The molecule has 1 amide bonds. The predicted octanol–water partition coefficient (Wildman–Crippen LogP) is 2.55. The summed E-state index contributed by atoms with van der Waals surface area (Å²) in [6.07, 6.45) is 0.880. The summed E-state index contributed by atoms with van der Waals surface area (Å²) in [5.74, 6) is 1.11. The van der Waals surface area contributed by atoms with Gasteiger partial charge in [0.25, 0.3) is 5.91 Å². The maximum atomic E-state index is 12.3. The van der Waals surface area contributed by atoms with Crippen LogP contribution in [0.25, 0.3) is 0 Å². The van der Waals surface area contributed by atoms with Crippen molar-refractivity contribution in [2.75, 3.05) is 38.1 Å². The fourth-order valence-corrected chi connectivity index (χ4v) is 3.11. The SMILES string of the molecule is CC(C)Cc1cc(CNC(=O)c2ccc(N3CCN(C)CC3)cc2)on1. The van der Waals surface area contributed by atoms with Gasteiger partial charge in [0.2, 0.25) is 0 Å². The number of anilines is 1. The van der Waals surface area contributed by atoms with Crippen molar-refractivity contribution >= 4 is 11.6 Å². The number of aromatic nitrogens is 1. The summed E-state index contributed by atoms with van der Waals surface area (Å²) in [6, 6.07) is 9.72. The van der Waals surface area contributed by atoms with E-state index in [-0.39, 0.29) is 5.91 Å². The molecule has 26 heavy (non-hydrogen) atoms. The second kappa shape index (κ2) is 8.36. The smallest absolute Gasteiger partial charge is 0.251 e. The zero-order valence-electron chi connectivity index (χ0n) is 15.9. The fraction of sp³-hybridized carbons (Fsp3) is 0.500. The first kappa shape index (κ1) is 18.5. The van der Waals surface area contributed by atoms with Gasteiger partial charge in [-0.1, -0.05) is 19.0 Å². The van der Waals surface area contributed by atoms with Gasteiger partial charge in [-0.15, -0.1) is 0 Å². The lowest BCUT2D eigenvalue weighted by Crippen LogP contribution is -2.44. The van der Waals surface area contributed by atoms with Crippen molar-refractivity contribution in [3.63, 3.8) is 0 Å². The fourth-order valence-electron chi connectivity index (χ4n) is 3.11. The largest absolute Gasteiger partial charge is 0.369 e. The molecule has 1 aliphatic rings. The van der Waals surface area contributed by atoms with Crippen LogP contribution in [0.15, 0.2) is 34.9 Å². The number of carbonyl (C=O) groups excluding carboxylic acids is 1. The minimum atomic E-state index is -0.100. The van der Waals surface area contributed by atoms with E-state index >= 15 is 0 Å². The topological polar surface area (TPSA) is 61.6 Å². The molecule has 0 saturated carbocycles. The summed E-state index contributed by atoms with van der Waals surface area (Å²) in [5, 5.41) is 6.93. The molecular formula is C20H28N4O2. The van der Waals surface area contributed by atoms with Crippen LogP contribution in [-0.4, -0.2) is 49.2 Å². The van der Waals surface area contributed by atoms with Crippen LogP contribution in [0.5, 0.6) is 0 Å². The van der Waals surface area contributed by atoms with Gasteiger partial charge in [0.15, 0.2) is 5.76 Å². The molecule has 140 valence electrons. The van der Waals surface area contributed by atoms with E-state index in [4.69, 9.17) is 4.52 Å². The number of piperazine rings is 1. The first-order valence-corrected chi connectivity index (χ1v) is 9.27. The highest BCUT2D eigenvalue weighted by molar-refractivity contribution is 5.94. The van der Waals surface area contributed by atoms with Crippen LogP contribution in [0, 0.1) is 5.92 Å². The Balaban J connectivity index is 1.52. The molecule has 2 aromatic rings. The summed E-state index contributed by atoms with van der Waals surface area (Å²) in [7, 11) is 2.14. The number of rotatable bonds is 6. The Labute approximate surface area is 155 Å². The number of hydrogen-bond acceptors (Lipinski definition) is 5. The van der Waals surface area contributed by atoms with E-state index in [9.17, 15) is 4.79 Å². The third kappa shape index (κ3) is 4.85. The highest BCUT2D eigenvalue weighted by Gasteiger charge is 2.15. The summed E-state index contributed by atoms with van der Waals surface area (Å²) in [5.41, 5.74) is 2.76. The van der Waals surface area contributed by atoms with E-state index in [1.807, 2.05) is 30.3 Å². The maximum absolute atomic E-state index is 12.3. The number of amides is 1. The van der Waals surface area contributed by atoms with Gasteiger partial charge >= 0.3 is 0 Å². The monoisotopic (exact) mass is 356 g/mol. The van der Waals surface area contributed by atoms with Gasteiger partial charge in [0, 0.05) is 43.5 Å². The van der Waals surface area contributed by atoms with Crippen LogP contribution >= 0.6 is 0 Å². The minimum Gasteiger partial charge on any atom is -0.369 e. The normalized spacial score (nSPS) is 15.5. The predicted molar refractivity (Wildman–Crippen MR) is 102 cm³/mol. The molecular weight excluding hydrogens is 328 g/mol. The average molecular weight is 356 g/mol. The lowest BCUT2D eigenvalue weighted by atomic mass is 10.1. The van der Waals surface area contributed by atoms with Crippen LogP contribution in [0.1, 0.15) is 35.7 Å². The van der Waals surface area contributed by atoms with Crippen molar-refractivity contribution in [2.24, 2.45) is 5.92 Å². The van der Waals surface area contributed by atoms with Crippen molar-refractivity contribution < 1.29 is 9.32 Å². The quantitative estimate of drug-likeness (QED) is 0.862. The highest BCUT2D eigenvalue weighted by atomic mass is 16.5. The van der Waals surface area contributed by atoms with Crippen molar-refractivity contribution in [2.45, 2.75) is 26.8 Å². The van der Waals surface area contributed by atoms with E-state index in [1.165, 1.54) is 5.69 Å². The van der Waals surface area contributed by atoms with Crippen molar-refractivity contribution in [3.8, 4) is 0 Å². The van der Waals surface area contributed by atoms with Gasteiger partial charge in [0.1, 0.15) is 0 Å². The Morgan fingerprint density at radius 1 is 1.19 bits per heavy atom. The maximum Gasteiger partial charge on any atom is 0.251 e. The van der Waals surface area contributed by atoms with Gasteiger partial charge in [0.05, 0.1) is 12.2 Å². The summed E-state index contributed by atoms with van der Waals surface area (Å²) >= 11 is 0. The van der Waals surface area contributed by atoms with Gasteiger partial charge in [-0.05, 0) is 43.7 Å². The molecule has 1 saturated heterocycles. The van der Waals surface area contributed by atoms with E-state index in [1.54, 1.807) is 0 Å². The molecule has 1 fully saturated rings. The molecule has 3 rings (SSSR count). The van der Waals surface area contributed by atoms with Crippen molar-refractivity contribution in [1.82, 2.24) is 15.4 Å². The molecule has 1 aromatic carbocycles. The summed E-state index contributed by atoms with van der Waals surface area (Å²) in [4.78, 5) is 17.0. The molecule has 6 heteroatoms. The van der Waals surface area contributed by atoms with E-state index in [0.29, 0.717) is 23.8 Å². The van der Waals surface area contributed by atoms with Gasteiger partial charge in [-0.2, -0.15) is 0 Å². The summed E-state index contributed by atoms with van der Waals surface area (Å²) < 4.78 is 5.28. The number of nitrogens with zero attached hydrogens (tertiary/aromatic N) is 3. The van der Waals surface area contributed by atoms with E-state index in [0.717, 1.165) is 38.3 Å². The second-order valence-electron chi connectivity index (χ2n) is 7.40. The van der Waals surface area contributed by atoms with Gasteiger partial charge in [-0.25, -0.2) is 0 Å². The van der Waals surface area contributed by atoms with Crippen LogP contribution in [0.2, 0.25) is 0 Å². The molecule has 2 heterocycles. The molecule has 0 atom stereocenters. The molecule has 0 radical (unpaired) electrons. The Morgan fingerprint density at radius 3 is 2.54 bits per heavy atom. The van der Waals surface area contributed by atoms with Crippen LogP contribution in [0.4, 0.5) is 5.69 Å². The van der Waals surface area contributed by atoms with E-state index in [2.05, 4.69) is 41.2 Å².